The third-order valence-corrected chi connectivity index (χ3v) is 3.66. The van der Waals surface area contributed by atoms with Crippen molar-refractivity contribution in [3.63, 3.8) is 0 Å². The van der Waals surface area contributed by atoms with Gasteiger partial charge in [0.15, 0.2) is 0 Å². The molecule has 1 N–H and O–H groups in total. The van der Waals surface area contributed by atoms with Crippen molar-refractivity contribution < 1.29 is 0 Å². The zero-order valence-electron chi connectivity index (χ0n) is 10.7. The lowest BCUT2D eigenvalue weighted by Crippen LogP contribution is -2.20. The third-order valence-electron chi connectivity index (χ3n) is 3.34. The van der Waals surface area contributed by atoms with E-state index >= 15 is 0 Å². The molecule has 3 rings (SSSR count). The standard InChI is InChI=1S/C14H15ClN4/c1-10-14(11-6-8-16-9-7-11)17-18-19(10)13-5-3-2-4-12(13)15/h2-6,16H,7-9H2,1H3. The van der Waals surface area contributed by atoms with Crippen LogP contribution in [0.2, 0.25) is 5.02 Å². The number of benzene rings is 1. The highest BCUT2D eigenvalue weighted by Crippen LogP contribution is 2.25. The van der Waals surface area contributed by atoms with Crippen molar-refractivity contribution in [1.29, 1.82) is 0 Å². The quantitative estimate of drug-likeness (QED) is 0.915. The molecule has 0 amide bonds. The number of aromatic nitrogens is 3. The molecule has 0 atom stereocenters. The average molecular weight is 275 g/mol. The van der Waals surface area contributed by atoms with Gasteiger partial charge in [0, 0.05) is 6.54 Å². The van der Waals surface area contributed by atoms with Gasteiger partial charge in [0.2, 0.25) is 0 Å². The van der Waals surface area contributed by atoms with E-state index in [0.717, 1.165) is 36.6 Å². The Morgan fingerprint density at radius 1 is 1.32 bits per heavy atom. The van der Waals surface area contributed by atoms with Crippen LogP contribution in [-0.4, -0.2) is 28.1 Å². The Bertz CT molecular complexity index is 630. The van der Waals surface area contributed by atoms with Gasteiger partial charge in [-0.15, -0.1) is 5.10 Å². The Morgan fingerprint density at radius 2 is 2.16 bits per heavy atom. The van der Waals surface area contributed by atoms with Crippen LogP contribution < -0.4 is 5.32 Å². The molecule has 2 heterocycles. The first kappa shape index (κ1) is 12.4. The van der Waals surface area contributed by atoms with E-state index in [1.165, 1.54) is 5.57 Å². The topological polar surface area (TPSA) is 42.7 Å². The smallest absolute Gasteiger partial charge is 0.112 e. The van der Waals surface area contributed by atoms with Gasteiger partial charge >= 0.3 is 0 Å². The maximum atomic E-state index is 6.21. The molecule has 98 valence electrons. The van der Waals surface area contributed by atoms with Crippen LogP contribution in [0.5, 0.6) is 0 Å². The first-order valence-corrected chi connectivity index (χ1v) is 6.72. The molecule has 2 aromatic rings. The summed E-state index contributed by atoms with van der Waals surface area (Å²) in [6.45, 7) is 3.92. The second-order valence-electron chi connectivity index (χ2n) is 4.57. The van der Waals surface area contributed by atoms with Crippen LogP contribution in [0.15, 0.2) is 30.3 Å². The van der Waals surface area contributed by atoms with Gasteiger partial charge in [-0.25, -0.2) is 4.68 Å². The molecule has 0 fully saturated rings. The summed E-state index contributed by atoms with van der Waals surface area (Å²) >= 11 is 6.21. The monoisotopic (exact) mass is 274 g/mol. The van der Waals surface area contributed by atoms with E-state index in [9.17, 15) is 0 Å². The van der Waals surface area contributed by atoms with E-state index in [2.05, 4.69) is 21.7 Å². The molecule has 1 aromatic heterocycles. The molecule has 0 saturated carbocycles. The molecule has 0 bridgehead atoms. The number of nitrogens with one attached hydrogen (secondary N) is 1. The van der Waals surface area contributed by atoms with Gasteiger partial charge in [-0.1, -0.05) is 35.0 Å². The summed E-state index contributed by atoms with van der Waals surface area (Å²) in [7, 11) is 0. The van der Waals surface area contributed by atoms with E-state index < -0.39 is 0 Å². The number of nitrogens with zero attached hydrogens (tertiary/aromatic N) is 3. The molecule has 1 aliphatic rings. The van der Waals surface area contributed by atoms with Crippen LogP contribution in [-0.2, 0) is 0 Å². The van der Waals surface area contributed by atoms with Crippen LogP contribution in [0, 0.1) is 6.92 Å². The summed E-state index contributed by atoms with van der Waals surface area (Å²) in [5, 5.41) is 12.5. The molecule has 0 spiro atoms. The van der Waals surface area contributed by atoms with Crippen molar-refractivity contribution in [2.75, 3.05) is 13.1 Å². The number of halogens is 1. The number of rotatable bonds is 2. The lowest BCUT2D eigenvalue weighted by Gasteiger charge is -2.12. The summed E-state index contributed by atoms with van der Waals surface area (Å²) in [6, 6.07) is 7.67. The molecule has 1 aliphatic heterocycles. The van der Waals surface area contributed by atoms with Crippen LogP contribution in [0.3, 0.4) is 0 Å². The Labute approximate surface area is 117 Å². The Kier molecular flexibility index (Phi) is 3.36. The minimum absolute atomic E-state index is 0.682. The lowest BCUT2D eigenvalue weighted by atomic mass is 10.0. The fraction of sp³-hybridized carbons (Fsp3) is 0.286. The molecule has 0 radical (unpaired) electrons. The Balaban J connectivity index is 2.04. The highest BCUT2D eigenvalue weighted by atomic mass is 35.5. The largest absolute Gasteiger partial charge is 0.313 e. The lowest BCUT2D eigenvalue weighted by molar-refractivity contribution is 0.736. The van der Waals surface area contributed by atoms with Gasteiger partial charge in [0.05, 0.1) is 16.4 Å². The molecular formula is C14H15ClN4. The van der Waals surface area contributed by atoms with Crippen molar-refractivity contribution in [1.82, 2.24) is 20.3 Å². The maximum absolute atomic E-state index is 6.21. The van der Waals surface area contributed by atoms with Crippen LogP contribution in [0.4, 0.5) is 0 Å². The summed E-state index contributed by atoms with van der Waals surface area (Å²) < 4.78 is 1.81. The predicted molar refractivity (Wildman–Crippen MR) is 76.6 cm³/mol. The van der Waals surface area contributed by atoms with E-state index in [1.54, 1.807) is 4.68 Å². The number of hydrogen-bond acceptors (Lipinski definition) is 3. The van der Waals surface area contributed by atoms with E-state index in [0.29, 0.717) is 5.02 Å². The molecule has 4 nitrogen and oxygen atoms in total. The van der Waals surface area contributed by atoms with E-state index in [4.69, 9.17) is 11.6 Å². The second-order valence-corrected chi connectivity index (χ2v) is 4.98. The molecule has 0 saturated heterocycles. The van der Waals surface area contributed by atoms with Crippen LogP contribution in [0.25, 0.3) is 11.3 Å². The van der Waals surface area contributed by atoms with Crippen molar-refractivity contribution in [3.8, 4) is 5.69 Å². The van der Waals surface area contributed by atoms with Crippen LogP contribution >= 0.6 is 11.6 Å². The minimum atomic E-state index is 0.682. The molecule has 1 aromatic carbocycles. The average Bonchev–Trinajstić information content (AvgIpc) is 2.82. The highest BCUT2D eigenvalue weighted by molar-refractivity contribution is 6.32. The van der Waals surface area contributed by atoms with Crippen molar-refractivity contribution >= 4 is 17.2 Å². The molecular weight excluding hydrogens is 260 g/mol. The SMILES string of the molecule is Cc1c(C2=CCNCC2)nnn1-c1ccccc1Cl. The van der Waals surface area contributed by atoms with E-state index in [-0.39, 0.29) is 0 Å². The van der Waals surface area contributed by atoms with Gasteiger partial charge in [-0.05, 0) is 37.6 Å². The normalized spacial score (nSPS) is 15.4. The molecule has 0 unspecified atom stereocenters. The number of hydrogen-bond donors (Lipinski definition) is 1. The molecule has 19 heavy (non-hydrogen) atoms. The first-order chi connectivity index (χ1) is 9.27. The highest BCUT2D eigenvalue weighted by Gasteiger charge is 2.16. The van der Waals surface area contributed by atoms with Crippen molar-refractivity contribution in [3.05, 3.63) is 46.8 Å². The van der Waals surface area contributed by atoms with E-state index in [1.807, 2.05) is 31.2 Å². The summed E-state index contributed by atoms with van der Waals surface area (Å²) in [6.07, 6.45) is 3.17. The minimum Gasteiger partial charge on any atom is -0.313 e. The predicted octanol–water partition coefficient (Wildman–Crippen LogP) is 2.61. The third kappa shape index (κ3) is 2.29. The number of para-hydroxylation sites is 1. The van der Waals surface area contributed by atoms with Gasteiger partial charge in [0.25, 0.3) is 0 Å². The Hall–Kier alpha value is -1.65. The Morgan fingerprint density at radius 3 is 2.89 bits per heavy atom. The van der Waals surface area contributed by atoms with Crippen molar-refractivity contribution in [2.45, 2.75) is 13.3 Å². The van der Waals surface area contributed by atoms with Crippen LogP contribution in [0.1, 0.15) is 17.8 Å². The molecule has 5 heteroatoms. The summed E-state index contributed by atoms with van der Waals surface area (Å²) in [5.74, 6) is 0. The maximum Gasteiger partial charge on any atom is 0.112 e. The van der Waals surface area contributed by atoms with Gasteiger partial charge in [0.1, 0.15) is 5.69 Å². The van der Waals surface area contributed by atoms with Gasteiger partial charge in [-0.2, -0.15) is 0 Å². The van der Waals surface area contributed by atoms with Gasteiger partial charge in [-0.3, -0.25) is 0 Å². The first-order valence-electron chi connectivity index (χ1n) is 6.34. The van der Waals surface area contributed by atoms with Crippen molar-refractivity contribution in [2.24, 2.45) is 0 Å². The summed E-state index contributed by atoms with van der Waals surface area (Å²) in [5.41, 5.74) is 4.13. The fourth-order valence-corrected chi connectivity index (χ4v) is 2.53. The second kappa shape index (κ2) is 5.15. The zero-order valence-corrected chi connectivity index (χ0v) is 11.5. The summed E-state index contributed by atoms with van der Waals surface area (Å²) in [4.78, 5) is 0. The zero-order chi connectivity index (χ0) is 13.2. The fourth-order valence-electron chi connectivity index (χ4n) is 2.32. The molecule has 0 aliphatic carbocycles. The van der Waals surface area contributed by atoms with Gasteiger partial charge < -0.3 is 5.32 Å².